The second kappa shape index (κ2) is 10.7. The van der Waals surface area contributed by atoms with Gasteiger partial charge in [0.25, 0.3) is 5.56 Å². The van der Waals surface area contributed by atoms with Crippen LogP contribution in [0.15, 0.2) is 63.5 Å². The predicted octanol–water partition coefficient (Wildman–Crippen LogP) is 3.57. The maximum Gasteiger partial charge on any atom is 0.341 e. The Balaban J connectivity index is 1.85. The molecule has 0 saturated carbocycles. The van der Waals surface area contributed by atoms with Gasteiger partial charge in [-0.25, -0.2) is 14.6 Å². The van der Waals surface area contributed by atoms with Crippen LogP contribution in [-0.2, 0) is 14.3 Å². The van der Waals surface area contributed by atoms with Crippen LogP contribution in [0.5, 0.6) is 5.75 Å². The zero-order valence-electron chi connectivity index (χ0n) is 19.2. The first-order valence-electron chi connectivity index (χ1n) is 10.8. The molecule has 36 heavy (non-hydrogen) atoms. The van der Waals surface area contributed by atoms with Gasteiger partial charge in [0.15, 0.2) is 17.2 Å². The van der Waals surface area contributed by atoms with E-state index in [-0.39, 0.29) is 28.0 Å². The summed E-state index contributed by atoms with van der Waals surface area (Å²) in [6, 6.07) is 11.5. The van der Waals surface area contributed by atoms with E-state index >= 15 is 0 Å². The fraction of sp³-hybridized carbons (Fsp3) is 0.200. The van der Waals surface area contributed by atoms with E-state index in [4.69, 9.17) is 37.8 Å². The molecule has 1 atom stereocenters. The van der Waals surface area contributed by atoms with Crippen LogP contribution in [0.4, 0.5) is 0 Å². The molecule has 4 rings (SSSR count). The zero-order valence-corrected chi connectivity index (χ0v) is 21.5. The minimum atomic E-state index is -1.17. The Kier molecular flexibility index (Phi) is 7.63. The summed E-state index contributed by atoms with van der Waals surface area (Å²) in [5, 5.41) is 9.03. The van der Waals surface area contributed by atoms with Gasteiger partial charge in [-0.05, 0) is 43.2 Å². The normalized spacial score (nSPS) is 15.3. The highest BCUT2D eigenvalue weighted by molar-refractivity contribution is 7.07. The highest BCUT2D eigenvalue weighted by Gasteiger charge is 2.33. The van der Waals surface area contributed by atoms with Crippen LogP contribution in [-0.4, -0.2) is 34.8 Å². The fourth-order valence-electron chi connectivity index (χ4n) is 3.83. The summed E-state index contributed by atoms with van der Waals surface area (Å²) in [5.74, 6) is -1.66. The number of esters is 1. The number of hydrogen-bond donors (Lipinski definition) is 1. The lowest BCUT2D eigenvalue weighted by Gasteiger charge is -2.24. The number of nitrogens with zero attached hydrogens (tertiary/aromatic N) is 2. The van der Waals surface area contributed by atoms with Crippen molar-refractivity contribution in [2.45, 2.75) is 19.9 Å². The van der Waals surface area contributed by atoms with Crippen molar-refractivity contribution >= 4 is 52.6 Å². The molecule has 0 fully saturated rings. The second-order valence-electron chi connectivity index (χ2n) is 7.71. The number of rotatable bonds is 7. The first-order valence-corrected chi connectivity index (χ1v) is 12.4. The molecule has 1 aromatic heterocycles. The van der Waals surface area contributed by atoms with Gasteiger partial charge in [0.2, 0.25) is 0 Å². The van der Waals surface area contributed by atoms with Gasteiger partial charge in [0.05, 0.1) is 38.5 Å². The van der Waals surface area contributed by atoms with E-state index < -0.39 is 24.6 Å². The number of fused-ring (bicyclic) bond motifs is 1. The molecule has 1 unspecified atom stereocenters. The fourth-order valence-corrected chi connectivity index (χ4v) is 5.49. The topological polar surface area (TPSA) is 107 Å². The van der Waals surface area contributed by atoms with Gasteiger partial charge in [-0.15, -0.1) is 0 Å². The standard InChI is InChI=1S/C25H20Cl2N2O6S/c1-3-34-24(33)20-13(2)28-25-29(21(20)15-7-5-4-6-8-15)23(32)18(36-25)11-14-9-16(26)22(17(27)10-14)35-12-19(30)31/h4-11,21H,3,12H2,1-2H3,(H,30,31)/b18-11+. The maximum absolute atomic E-state index is 13.6. The molecule has 2 heterocycles. The highest BCUT2D eigenvalue weighted by atomic mass is 35.5. The number of carboxylic acids is 1. The maximum atomic E-state index is 13.6. The Hall–Kier alpha value is -3.40. The third kappa shape index (κ3) is 5.09. The molecule has 186 valence electrons. The van der Waals surface area contributed by atoms with Gasteiger partial charge >= 0.3 is 11.9 Å². The van der Waals surface area contributed by atoms with Crippen LogP contribution in [0, 0.1) is 0 Å². The van der Waals surface area contributed by atoms with E-state index in [0.717, 1.165) is 16.9 Å². The van der Waals surface area contributed by atoms with Crippen LogP contribution in [0.1, 0.15) is 31.0 Å². The number of hydrogen-bond acceptors (Lipinski definition) is 7. The molecule has 1 N–H and O–H groups in total. The molecule has 11 heteroatoms. The molecular formula is C25H20Cl2N2O6S. The Morgan fingerprint density at radius 2 is 1.86 bits per heavy atom. The van der Waals surface area contributed by atoms with Crippen molar-refractivity contribution < 1.29 is 24.2 Å². The lowest BCUT2D eigenvalue weighted by molar-refractivity contribution is -0.140. The SMILES string of the molecule is CCOC(=O)C1=C(C)N=c2s/c(=C/c3cc(Cl)c(OCC(=O)O)c(Cl)c3)c(=O)n2C1c1ccccc1. The van der Waals surface area contributed by atoms with E-state index in [1.54, 1.807) is 19.9 Å². The van der Waals surface area contributed by atoms with Crippen LogP contribution >= 0.6 is 34.5 Å². The third-order valence-corrected chi connectivity index (χ3v) is 6.84. The number of carbonyl (C=O) groups excluding carboxylic acids is 1. The molecular weight excluding hydrogens is 527 g/mol. The summed E-state index contributed by atoms with van der Waals surface area (Å²) in [6.07, 6.45) is 1.61. The number of benzene rings is 2. The number of thiazole rings is 1. The summed E-state index contributed by atoms with van der Waals surface area (Å²) < 4.78 is 12.3. The van der Waals surface area contributed by atoms with Crippen molar-refractivity contribution in [2.24, 2.45) is 4.99 Å². The molecule has 0 radical (unpaired) electrons. The summed E-state index contributed by atoms with van der Waals surface area (Å²) in [7, 11) is 0. The molecule has 0 aliphatic carbocycles. The van der Waals surface area contributed by atoms with Gasteiger partial charge in [-0.1, -0.05) is 64.9 Å². The largest absolute Gasteiger partial charge is 0.479 e. The summed E-state index contributed by atoms with van der Waals surface area (Å²) in [5.41, 5.74) is 1.68. The Bertz CT molecular complexity index is 1540. The minimum Gasteiger partial charge on any atom is -0.479 e. The molecule has 0 amide bonds. The van der Waals surface area contributed by atoms with Crippen LogP contribution < -0.4 is 19.6 Å². The molecule has 2 aromatic carbocycles. The zero-order chi connectivity index (χ0) is 26.0. The van der Waals surface area contributed by atoms with Gasteiger partial charge in [-0.2, -0.15) is 0 Å². The highest BCUT2D eigenvalue weighted by Crippen LogP contribution is 2.34. The Morgan fingerprint density at radius 3 is 2.47 bits per heavy atom. The number of halogens is 2. The van der Waals surface area contributed by atoms with Crippen LogP contribution in [0.3, 0.4) is 0 Å². The minimum absolute atomic E-state index is 0.0399. The number of aliphatic carboxylic acids is 1. The molecule has 1 aliphatic rings. The van der Waals surface area contributed by atoms with E-state index in [9.17, 15) is 14.4 Å². The smallest absolute Gasteiger partial charge is 0.341 e. The number of ether oxygens (including phenoxy) is 2. The van der Waals surface area contributed by atoms with E-state index in [0.29, 0.717) is 26.2 Å². The number of carboxylic acid groups (broad SMARTS) is 1. The molecule has 8 nitrogen and oxygen atoms in total. The van der Waals surface area contributed by atoms with Gasteiger partial charge in [0.1, 0.15) is 0 Å². The summed E-state index contributed by atoms with van der Waals surface area (Å²) in [4.78, 5) is 42.2. The molecule has 0 saturated heterocycles. The number of allylic oxidation sites excluding steroid dienone is 1. The van der Waals surface area contributed by atoms with E-state index in [1.807, 2.05) is 30.3 Å². The first kappa shape index (κ1) is 25.7. The monoisotopic (exact) mass is 546 g/mol. The van der Waals surface area contributed by atoms with Crippen LogP contribution in [0.2, 0.25) is 10.0 Å². The quantitative estimate of drug-likeness (QED) is 0.454. The van der Waals surface area contributed by atoms with E-state index in [2.05, 4.69) is 4.99 Å². The average Bonchev–Trinajstić information content (AvgIpc) is 3.12. The second-order valence-corrected chi connectivity index (χ2v) is 9.53. The summed E-state index contributed by atoms with van der Waals surface area (Å²) >= 11 is 13.7. The lowest BCUT2D eigenvalue weighted by Crippen LogP contribution is -2.39. The third-order valence-electron chi connectivity index (χ3n) is 5.29. The summed E-state index contributed by atoms with van der Waals surface area (Å²) in [6.45, 7) is 3.03. The van der Waals surface area contributed by atoms with Crippen molar-refractivity contribution in [3.05, 3.63) is 94.6 Å². The molecule has 0 spiro atoms. The van der Waals surface area contributed by atoms with Crippen molar-refractivity contribution in [1.82, 2.24) is 4.57 Å². The van der Waals surface area contributed by atoms with Gasteiger partial charge in [0, 0.05) is 0 Å². The van der Waals surface area contributed by atoms with Crippen molar-refractivity contribution in [3.63, 3.8) is 0 Å². The van der Waals surface area contributed by atoms with Crippen LogP contribution in [0.25, 0.3) is 6.08 Å². The van der Waals surface area contributed by atoms with Crippen molar-refractivity contribution in [3.8, 4) is 5.75 Å². The van der Waals surface area contributed by atoms with Gasteiger partial charge < -0.3 is 14.6 Å². The Morgan fingerprint density at radius 1 is 1.19 bits per heavy atom. The van der Waals surface area contributed by atoms with Crippen molar-refractivity contribution in [2.75, 3.05) is 13.2 Å². The van der Waals surface area contributed by atoms with E-state index in [1.165, 1.54) is 16.7 Å². The number of carbonyl (C=O) groups is 2. The molecule has 0 bridgehead atoms. The number of aromatic nitrogens is 1. The first-order chi connectivity index (χ1) is 17.2. The predicted molar refractivity (Wildman–Crippen MR) is 136 cm³/mol. The Labute approximate surface area is 219 Å². The lowest BCUT2D eigenvalue weighted by atomic mass is 9.96. The van der Waals surface area contributed by atoms with Gasteiger partial charge in [-0.3, -0.25) is 9.36 Å². The molecule has 3 aromatic rings. The molecule has 1 aliphatic heterocycles. The average molecular weight is 547 g/mol. The van der Waals surface area contributed by atoms with Crippen molar-refractivity contribution in [1.29, 1.82) is 0 Å².